The lowest BCUT2D eigenvalue weighted by atomic mass is 9.62. The smallest absolute Gasteiger partial charge is 0.283 e. The van der Waals surface area contributed by atoms with Gasteiger partial charge in [-0.3, -0.25) is 0 Å². The van der Waals surface area contributed by atoms with Gasteiger partial charge in [0.05, 0.1) is 24.8 Å². The summed E-state index contributed by atoms with van der Waals surface area (Å²) in [7, 11) is 3.41. The highest BCUT2D eigenvalue weighted by Gasteiger charge is 2.61. The summed E-state index contributed by atoms with van der Waals surface area (Å²) in [4.78, 5) is 4.95. The van der Waals surface area contributed by atoms with E-state index in [2.05, 4.69) is 24.3 Å². The molecule has 0 radical (unpaired) electrons. The van der Waals surface area contributed by atoms with Crippen molar-refractivity contribution in [3.8, 4) is 22.9 Å². The molecule has 2 N–H and O–H groups in total. The van der Waals surface area contributed by atoms with E-state index in [0.29, 0.717) is 24.0 Å². The van der Waals surface area contributed by atoms with E-state index in [-0.39, 0.29) is 11.4 Å². The van der Waals surface area contributed by atoms with Gasteiger partial charge in [-0.2, -0.15) is 5.26 Å². The SMILES string of the molecule is COc1cc(C#N)cc(-c2ccc3c(c2)C2(COC(N)=N2)[C@]2(CC[C@H](OC)CC2)C3)c1. The molecule has 1 unspecified atom stereocenters. The lowest BCUT2D eigenvalue weighted by Crippen LogP contribution is -2.46. The number of nitrogens with two attached hydrogens (primary N) is 1. The number of nitriles is 1. The zero-order chi connectivity index (χ0) is 21.6. The summed E-state index contributed by atoms with van der Waals surface area (Å²) >= 11 is 0. The average molecular weight is 418 g/mol. The van der Waals surface area contributed by atoms with Gasteiger partial charge >= 0.3 is 0 Å². The van der Waals surface area contributed by atoms with Crippen LogP contribution in [0.2, 0.25) is 0 Å². The fourth-order valence-corrected chi connectivity index (χ4v) is 5.85. The summed E-state index contributed by atoms with van der Waals surface area (Å²) in [5, 5.41) is 9.42. The van der Waals surface area contributed by atoms with Crippen LogP contribution >= 0.6 is 0 Å². The molecule has 1 atom stereocenters. The Morgan fingerprint density at radius 3 is 2.58 bits per heavy atom. The van der Waals surface area contributed by atoms with Crippen molar-refractivity contribution in [2.45, 2.75) is 43.7 Å². The zero-order valence-electron chi connectivity index (χ0n) is 18.0. The lowest BCUT2D eigenvalue weighted by Gasteiger charge is -2.45. The van der Waals surface area contributed by atoms with E-state index < -0.39 is 5.54 Å². The van der Waals surface area contributed by atoms with Crippen LogP contribution in [-0.4, -0.2) is 33.0 Å². The first-order chi connectivity index (χ1) is 15.0. The van der Waals surface area contributed by atoms with Crippen molar-refractivity contribution in [1.82, 2.24) is 0 Å². The van der Waals surface area contributed by atoms with Gasteiger partial charge in [0, 0.05) is 12.5 Å². The molecule has 6 heteroatoms. The number of fused-ring (bicyclic) bond motifs is 3. The molecule has 1 saturated carbocycles. The normalized spacial score (nSPS) is 28.8. The molecule has 6 nitrogen and oxygen atoms in total. The Balaban J connectivity index is 1.61. The molecule has 1 heterocycles. The van der Waals surface area contributed by atoms with Gasteiger partial charge < -0.3 is 19.9 Å². The number of hydrogen-bond donors (Lipinski definition) is 1. The summed E-state index contributed by atoms with van der Waals surface area (Å²) in [6, 6.07) is 14.7. The van der Waals surface area contributed by atoms with Crippen LogP contribution in [0.4, 0.5) is 0 Å². The minimum absolute atomic E-state index is 0.00367. The van der Waals surface area contributed by atoms with E-state index >= 15 is 0 Å². The molecule has 2 spiro atoms. The third-order valence-corrected chi connectivity index (χ3v) is 7.52. The second kappa shape index (κ2) is 7.28. The molecule has 31 heavy (non-hydrogen) atoms. The van der Waals surface area contributed by atoms with Crippen LogP contribution in [0.25, 0.3) is 11.1 Å². The fourth-order valence-electron chi connectivity index (χ4n) is 5.85. The molecule has 1 aliphatic heterocycles. The second-order valence-electron chi connectivity index (χ2n) is 8.93. The minimum atomic E-state index is -0.460. The van der Waals surface area contributed by atoms with Gasteiger partial charge in [-0.1, -0.05) is 12.1 Å². The van der Waals surface area contributed by atoms with Gasteiger partial charge in [0.25, 0.3) is 6.02 Å². The summed E-state index contributed by atoms with van der Waals surface area (Å²) in [5.74, 6) is 0.671. The largest absolute Gasteiger partial charge is 0.497 e. The van der Waals surface area contributed by atoms with Crippen LogP contribution in [0.1, 0.15) is 42.4 Å². The van der Waals surface area contributed by atoms with Crippen LogP contribution in [0, 0.1) is 16.7 Å². The van der Waals surface area contributed by atoms with Gasteiger partial charge in [0.15, 0.2) is 0 Å². The Morgan fingerprint density at radius 1 is 1.13 bits per heavy atom. The van der Waals surface area contributed by atoms with E-state index in [9.17, 15) is 5.26 Å². The van der Waals surface area contributed by atoms with E-state index in [1.165, 1.54) is 11.1 Å². The third kappa shape index (κ3) is 2.99. The molecule has 3 aliphatic rings. The van der Waals surface area contributed by atoms with Gasteiger partial charge in [-0.05, 0) is 78.6 Å². The van der Waals surface area contributed by atoms with E-state index in [0.717, 1.165) is 43.2 Å². The maximum Gasteiger partial charge on any atom is 0.283 e. The van der Waals surface area contributed by atoms with Crippen molar-refractivity contribution in [3.63, 3.8) is 0 Å². The van der Waals surface area contributed by atoms with Crippen molar-refractivity contribution in [2.24, 2.45) is 16.1 Å². The molecule has 0 bridgehead atoms. The molecular weight excluding hydrogens is 390 g/mol. The second-order valence-corrected chi connectivity index (χ2v) is 8.93. The monoisotopic (exact) mass is 417 g/mol. The third-order valence-electron chi connectivity index (χ3n) is 7.52. The number of hydrogen-bond acceptors (Lipinski definition) is 6. The Morgan fingerprint density at radius 2 is 1.94 bits per heavy atom. The zero-order valence-corrected chi connectivity index (χ0v) is 18.0. The van der Waals surface area contributed by atoms with Gasteiger partial charge in [0.2, 0.25) is 0 Å². The number of rotatable bonds is 3. The highest BCUT2D eigenvalue weighted by molar-refractivity contribution is 5.76. The quantitative estimate of drug-likeness (QED) is 0.818. The molecular formula is C25H27N3O3. The Labute approximate surface area is 182 Å². The van der Waals surface area contributed by atoms with Crippen LogP contribution in [0.15, 0.2) is 41.4 Å². The maximum absolute atomic E-state index is 9.42. The van der Waals surface area contributed by atoms with Crippen LogP contribution in [0.5, 0.6) is 5.75 Å². The van der Waals surface area contributed by atoms with Crippen molar-refractivity contribution >= 4 is 6.02 Å². The average Bonchev–Trinajstić information content (AvgIpc) is 3.32. The lowest BCUT2D eigenvalue weighted by molar-refractivity contribution is -0.00983. The first-order valence-corrected chi connectivity index (χ1v) is 10.8. The Kier molecular flexibility index (Phi) is 4.67. The standard InChI is InChI=1S/C25H27N3O3/c1-29-20-5-7-24(8-6-20)13-18-4-3-17(12-22(18)25(24)15-31-23(27)28-25)19-9-16(14-26)10-21(11-19)30-2/h3-4,9-12,20H,5-8,13,15H2,1-2H3,(H2,27,28)/t20-,24-,25?. The number of benzene rings is 2. The summed E-state index contributed by atoms with van der Waals surface area (Å²) in [6.45, 7) is 0.481. The molecule has 160 valence electrons. The first-order valence-electron chi connectivity index (χ1n) is 10.8. The van der Waals surface area contributed by atoms with Crippen LogP contribution in [0.3, 0.4) is 0 Å². The topological polar surface area (TPSA) is 89.9 Å². The minimum Gasteiger partial charge on any atom is -0.497 e. The molecule has 0 aromatic heterocycles. The van der Waals surface area contributed by atoms with Crippen molar-refractivity contribution in [2.75, 3.05) is 20.8 Å². The van der Waals surface area contributed by atoms with Crippen LogP contribution in [-0.2, 0) is 21.4 Å². The van der Waals surface area contributed by atoms with Crippen molar-refractivity contribution < 1.29 is 14.2 Å². The maximum atomic E-state index is 9.42. The highest BCUT2D eigenvalue weighted by atomic mass is 16.5. The van der Waals surface area contributed by atoms with E-state index in [1.54, 1.807) is 20.3 Å². The predicted molar refractivity (Wildman–Crippen MR) is 118 cm³/mol. The molecule has 1 fully saturated rings. The molecule has 2 aromatic carbocycles. The van der Waals surface area contributed by atoms with E-state index in [1.807, 2.05) is 12.1 Å². The molecule has 0 amide bonds. The van der Waals surface area contributed by atoms with Gasteiger partial charge in [-0.25, -0.2) is 4.99 Å². The Bertz CT molecular complexity index is 1100. The summed E-state index contributed by atoms with van der Waals surface area (Å²) in [6.07, 6.45) is 5.40. The molecule has 2 aliphatic carbocycles. The molecule has 5 rings (SSSR count). The van der Waals surface area contributed by atoms with Gasteiger partial charge in [0.1, 0.15) is 17.9 Å². The molecule has 2 aromatic rings. The number of amidine groups is 1. The van der Waals surface area contributed by atoms with Crippen LogP contribution < -0.4 is 10.5 Å². The molecule has 0 saturated heterocycles. The summed E-state index contributed by atoms with van der Waals surface area (Å²) < 4.78 is 16.8. The highest BCUT2D eigenvalue weighted by Crippen LogP contribution is 2.61. The number of methoxy groups -OCH3 is 2. The Hall–Kier alpha value is -3.04. The predicted octanol–water partition coefficient (Wildman–Crippen LogP) is 3.91. The number of aliphatic imine (C=N–C) groups is 1. The number of nitrogens with zero attached hydrogens (tertiary/aromatic N) is 2. The van der Waals surface area contributed by atoms with Gasteiger partial charge in [-0.15, -0.1) is 0 Å². The van der Waals surface area contributed by atoms with Crippen molar-refractivity contribution in [1.29, 1.82) is 5.26 Å². The number of ether oxygens (including phenoxy) is 3. The van der Waals surface area contributed by atoms with Crippen molar-refractivity contribution in [3.05, 3.63) is 53.1 Å². The van der Waals surface area contributed by atoms with E-state index in [4.69, 9.17) is 24.9 Å². The summed E-state index contributed by atoms with van der Waals surface area (Å²) in [5.41, 5.74) is 10.7. The fraction of sp³-hybridized carbons (Fsp3) is 0.440. The first kappa shape index (κ1) is 19.9.